The number of rotatable bonds is 2. The van der Waals surface area contributed by atoms with E-state index in [1.807, 2.05) is 12.1 Å². The molecule has 5 heterocycles. The number of thiophene rings is 5. The van der Waals surface area contributed by atoms with Gasteiger partial charge in [-0.2, -0.15) is 0 Å². The van der Waals surface area contributed by atoms with E-state index in [0.29, 0.717) is 29.3 Å². The van der Waals surface area contributed by atoms with Gasteiger partial charge >= 0.3 is 0 Å². The van der Waals surface area contributed by atoms with Gasteiger partial charge in [0.25, 0.3) is 0 Å². The van der Waals surface area contributed by atoms with Crippen LogP contribution in [-0.4, -0.2) is 0 Å². The Morgan fingerprint density at radius 2 is 0.963 bits per heavy atom. The maximum atomic E-state index is 14.1. The molecule has 0 saturated carbocycles. The Labute approximate surface area is 171 Å². The minimum atomic E-state index is -0.805. The predicted octanol–water partition coefficient (Wildman–Crippen LogP) is 8.81. The molecule has 0 N–H and O–H groups in total. The molecule has 0 amide bonds. The second-order valence-corrected chi connectivity index (χ2v) is 11.6. The van der Waals surface area contributed by atoms with Crippen molar-refractivity contribution < 1.29 is 17.6 Å². The number of hydrogen-bond acceptors (Lipinski definition) is 5. The molecule has 0 aliphatic carbocycles. The van der Waals surface area contributed by atoms with Crippen molar-refractivity contribution in [2.24, 2.45) is 0 Å². The van der Waals surface area contributed by atoms with Crippen molar-refractivity contribution in [1.82, 2.24) is 0 Å². The van der Waals surface area contributed by atoms with E-state index in [4.69, 9.17) is 0 Å². The molecular formula is C18H8F4S5. The van der Waals surface area contributed by atoms with E-state index in [9.17, 15) is 17.6 Å². The summed E-state index contributed by atoms with van der Waals surface area (Å²) in [5.74, 6) is -3.19. The van der Waals surface area contributed by atoms with Crippen molar-refractivity contribution in [2.75, 3.05) is 0 Å². The van der Waals surface area contributed by atoms with Gasteiger partial charge in [0, 0.05) is 28.9 Å². The first kappa shape index (κ1) is 17.8. The largest absolute Gasteiger partial charge is 0.203 e. The molecular weight excluding hydrogens is 453 g/mol. The van der Waals surface area contributed by atoms with Gasteiger partial charge in [-0.3, -0.25) is 0 Å². The fourth-order valence-corrected chi connectivity index (χ4v) is 8.91. The Kier molecular flexibility index (Phi) is 4.04. The standard InChI is InChI=1S/C18H8F4S5/c1-5-11(19)13(21)15(23-5)7-3-9-17(26-7)18-10(25-9)4-8(27-18)16-14(22)12(20)6(2)24-16/h3-4H,1-2H3. The maximum Gasteiger partial charge on any atom is 0.178 e. The Morgan fingerprint density at radius 3 is 1.30 bits per heavy atom. The topological polar surface area (TPSA) is 0 Å². The molecule has 5 aromatic heterocycles. The molecule has 0 aromatic carbocycles. The highest BCUT2D eigenvalue weighted by Crippen LogP contribution is 2.50. The third-order valence-electron chi connectivity index (χ3n) is 4.18. The highest BCUT2D eigenvalue weighted by molar-refractivity contribution is 7.41. The van der Waals surface area contributed by atoms with Crippen molar-refractivity contribution in [1.29, 1.82) is 0 Å². The van der Waals surface area contributed by atoms with Crippen molar-refractivity contribution >= 4 is 75.5 Å². The fraction of sp³-hybridized carbons (Fsp3) is 0.111. The van der Waals surface area contributed by atoms with Crippen LogP contribution in [0, 0.1) is 37.1 Å². The van der Waals surface area contributed by atoms with Gasteiger partial charge in [0.1, 0.15) is 0 Å². The van der Waals surface area contributed by atoms with E-state index in [1.54, 1.807) is 13.8 Å². The smallest absolute Gasteiger partial charge is 0.178 e. The van der Waals surface area contributed by atoms with Gasteiger partial charge in [0.15, 0.2) is 23.3 Å². The molecule has 0 fully saturated rings. The van der Waals surface area contributed by atoms with Crippen LogP contribution in [0.3, 0.4) is 0 Å². The number of aryl methyl sites for hydroxylation is 2. The van der Waals surface area contributed by atoms with Gasteiger partial charge in [-0.15, -0.1) is 56.7 Å². The van der Waals surface area contributed by atoms with E-state index < -0.39 is 23.3 Å². The molecule has 0 bridgehead atoms. The fourth-order valence-electron chi connectivity index (χ4n) is 2.87. The van der Waals surface area contributed by atoms with Crippen molar-refractivity contribution in [3.63, 3.8) is 0 Å². The summed E-state index contributed by atoms with van der Waals surface area (Å²) >= 11 is 6.54. The lowest BCUT2D eigenvalue weighted by molar-refractivity contribution is 0.514. The average molecular weight is 461 g/mol. The van der Waals surface area contributed by atoms with Gasteiger partial charge < -0.3 is 0 Å². The molecule has 0 aliphatic rings. The van der Waals surface area contributed by atoms with Crippen molar-refractivity contribution in [3.8, 4) is 19.5 Å². The molecule has 5 rings (SSSR count). The molecule has 0 atom stereocenters. The molecule has 0 unspecified atom stereocenters. The maximum absolute atomic E-state index is 14.1. The van der Waals surface area contributed by atoms with Crippen LogP contribution in [0.4, 0.5) is 17.6 Å². The summed E-state index contributed by atoms with van der Waals surface area (Å²) in [5.41, 5.74) is 0. The van der Waals surface area contributed by atoms with Crippen LogP contribution in [0.15, 0.2) is 12.1 Å². The zero-order chi connectivity index (χ0) is 19.0. The molecule has 27 heavy (non-hydrogen) atoms. The van der Waals surface area contributed by atoms with Crippen LogP contribution in [0.25, 0.3) is 38.3 Å². The van der Waals surface area contributed by atoms with Crippen LogP contribution < -0.4 is 0 Å². The lowest BCUT2D eigenvalue weighted by atomic mass is 10.3. The zero-order valence-electron chi connectivity index (χ0n) is 13.7. The highest BCUT2D eigenvalue weighted by atomic mass is 32.1. The van der Waals surface area contributed by atoms with E-state index in [2.05, 4.69) is 0 Å². The lowest BCUT2D eigenvalue weighted by Gasteiger charge is -1.90. The van der Waals surface area contributed by atoms with Crippen molar-refractivity contribution in [3.05, 3.63) is 45.2 Å². The second kappa shape index (κ2) is 6.12. The summed E-state index contributed by atoms with van der Waals surface area (Å²) in [5, 5.41) is 0. The Bertz CT molecular complexity index is 1240. The third kappa shape index (κ3) is 2.56. The zero-order valence-corrected chi connectivity index (χ0v) is 17.8. The molecule has 138 valence electrons. The van der Waals surface area contributed by atoms with Gasteiger partial charge in [0.05, 0.1) is 19.2 Å². The normalized spacial score (nSPS) is 12.1. The van der Waals surface area contributed by atoms with Gasteiger partial charge in [-0.1, -0.05) is 0 Å². The van der Waals surface area contributed by atoms with E-state index in [0.717, 1.165) is 41.5 Å². The lowest BCUT2D eigenvalue weighted by Crippen LogP contribution is -1.77. The Hall–Kier alpha value is -1.26. The molecule has 9 heteroatoms. The number of fused-ring (bicyclic) bond motifs is 3. The number of halogens is 4. The molecule has 0 nitrogen and oxygen atoms in total. The SMILES string of the molecule is Cc1sc(-c2cc3sc4cc(-c5sc(C)c(F)c5F)sc4c3s2)c(F)c1F. The Balaban J connectivity index is 1.67. The summed E-state index contributed by atoms with van der Waals surface area (Å²) < 4.78 is 59.6. The minimum absolute atomic E-state index is 0.310. The van der Waals surface area contributed by atoms with E-state index >= 15 is 0 Å². The van der Waals surface area contributed by atoms with Crippen LogP contribution in [-0.2, 0) is 0 Å². The van der Waals surface area contributed by atoms with Crippen LogP contribution in [0.2, 0.25) is 0 Å². The second-order valence-electron chi connectivity index (χ2n) is 5.94. The third-order valence-corrected chi connectivity index (χ3v) is 10.4. The molecule has 5 aromatic rings. The quantitative estimate of drug-likeness (QED) is 0.231. The Morgan fingerprint density at radius 1 is 0.556 bits per heavy atom. The van der Waals surface area contributed by atoms with E-state index in [-0.39, 0.29) is 0 Å². The van der Waals surface area contributed by atoms with E-state index in [1.165, 1.54) is 34.0 Å². The predicted molar refractivity (Wildman–Crippen MR) is 111 cm³/mol. The summed E-state index contributed by atoms with van der Waals surface area (Å²) in [6, 6.07) is 3.75. The molecule has 0 aliphatic heterocycles. The summed E-state index contributed by atoms with van der Waals surface area (Å²) in [6.07, 6.45) is 0. The first-order chi connectivity index (χ1) is 12.8. The number of hydrogen-bond donors (Lipinski definition) is 0. The van der Waals surface area contributed by atoms with Crippen LogP contribution >= 0.6 is 56.7 Å². The summed E-state index contributed by atoms with van der Waals surface area (Å²) in [6.45, 7) is 3.12. The molecule has 0 radical (unpaired) electrons. The summed E-state index contributed by atoms with van der Waals surface area (Å²) in [7, 11) is 0. The van der Waals surface area contributed by atoms with Crippen LogP contribution in [0.5, 0.6) is 0 Å². The summed E-state index contributed by atoms with van der Waals surface area (Å²) in [4.78, 5) is 2.65. The minimum Gasteiger partial charge on any atom is -0.203 e. The highest BCUT2D eigenvalue weighted by Gasteiger charge is 2.23. The van der Waals surface area contributed by atoms with Gasteiger partial charge in [-0.25, -0.2) is 17.6 Å². The monoisotopic (exact) mass is 460 g/mol. The van der Waals surface area contributed by atoms with Crippen LogP contribution in [0.1, 0.15) is 9.75 Å². The first-order valence-corrected chi connectivity index (χ1v) is 11.8. The first-order valence-electron chi connectivity index (χ1n) is 7.70. The van der Waals surface area contributed by atoms with Crippen molar-refractivity contribution in [2.45, 2.75) is 13.8 Å². The molecule has 0 spiro atoms. The average Bonchev–Trinajstić information content (AvgIpc) is 3.39. The van der Waals surface area contributed by atoms with Gasteiger partial charge in [0.2, 0.25) is 0 Å². The molecule has 0 saturated heterocycles. The van der Waals surface area contributed by atoms with Gasteiger partial charge in [-0.05, 0) is 26.0 Å².